The molecule has 0 aromatic heterocycles. The van der Waals surface area contributed by atoms with Crippen LogP contribution in [0.4, 0.5) is 0 Å². The van der Waals surface area contributed by atoms with Gasteiger partial charge in [0.25, 0.3) is 0 Å². The largest absolute Gasteiger partial charge is 0.395 e. The van der Waals surface area contributed by atoms with E-state index < -0.39 is 5.41 Å². The molecule has 4 nitrogen and oxygen atoms in total. The summed E-state index contributed by atoms with van der Waals surface area (Å²) in [5.74, 6) is 0. The van der Waals surface area contributed by atoms with Crippen molar-refractivity contribution in [3.05, 3.63) is 34.9 Å². The van der Waals surface area contributed by atoms with Gasteiger partial charge in [-0.15, -0.1) is 0 Å². The minimum Gasteiger partial charge on any atom is -0.395 e. The molecule has 0 radical (unpaired) electrons. The summed E-state index contributed by atoms with van der Waals surface area (Å²) in [5, 5.41) is 19.9. The number of ether oxygens (including phenoxy) is 2. The highest BCUT2D eigenvalue weighted by atomic mass is 35.5. The first kappa shape index (κ1) is 16.4. The molecular formula is C14H21ClO4. The van der Waals surface area contributed by atoms with Crippen molar-refractivity contribution in [3.8, 4) is 0 Å². The molecule has 2 N–H and O–H groups in total. The fourth-order valence-electron chi connectivity index (χ4n) is 1.85. The van der Waals surface area contributed by atoms with E-state index in [0.717, 1.165) is 5.56 Å². The number of aliphatic hydroxyl groups is 2. The normalized spacial score (nSPS) is 11.8. The van der Waals surface area contributed by atoms with Crippen molar-refractivity contribution in [3.63, 3.8) is 0 Å². The Balaban J connectivity index is 2.65. The van der Waals surface area contributed by atoms with Crippen LogP contribution in [0.2, 0.25) is 5.02 Å². The van der Waals surface area contributed by atoms with E-state index in [1.54, 1.807) is 19.2 Å². The molecule has 0 atom stereocenters. The van der Waals surface area contributed by atoms with Crippen LogP contribution in [-0.4, -0.2) is 50.4 Å². The lowest BCUT2D eigenvalue weighted by Gasteiger charge is -2.30. The Morgan fingerprint density at radius 1 is 1.05 bits per heavy atom. The molecule has 0 heterocycles. The average molecular weight is 289 g/mol. The second kappa shape index (κ2) is 8.51. The van der Waals surface area contributed by atoms with Crippen molar-refractivity contribution in [2.75, 3.05) is 40.1 Å². The first-order valence-corrected chi connectivity index (χ1v) is 6.61. The number of hydrogen-bond donors (Lipinski definition) is 2. The van der Waals surface area contributed by atoms with Crippen LogP contribution in [0.1, 0.15) is 12.0 Å². The third kappa shape index (κ3) is 4.75. The van der Waals surface area contributed by atoms with E-state index in [1.165, 1.54) is 0 Å². The Bertz CT molecular complexity index is 349. The molecule has 0 bridgehead atoms. The molecule has 0 aliphatic heterocycles. The van der Waals surface area contributed by atoms with E-state index in [1.807, 2.05) is 12.1 Å². The van der Waals surface area contributed by atoms with Crippen LogP contribution in [0.5, 0.6) is 0 Å². The van der Waals surface area contributed by atoms with Crippen molar-refractivity contribution in [2.24, 2.45) is 0 Å². The van der Waals surface area contributed by atoms with Crippen molar-refractivity contribution in [2.45, 2.75) is 11.8 Å². The zero-order valence-corrected chi connectivity index (χ0v) is 11.9. The molecule has 1 aromatic carbocycles. The standard InChI is InChI=1S/C14H21ClO4/c1-18-8-9-19-7-6-14(10-16,11-17)12-2-4-13(15)5-3-12/h2-5,16-17H,6-11H2,1H3. The Kier molecular flexibility index (Phi) is 7.34. The second-order valence-electron chi connectivity index (χ2n) is 4.46. The third-order valence-electron chi connectivity index (χ3n) is 3.22. The van der Waals surface area contributed by atoms with Gasteiger partial charge in [0.15, 0.2) is 0 Å². The second-order valence-corrected chi connectivity index (χ2v) is 4.90. The number of methoxy groups -OCH3 is 1. The van der Waals surface area contributed by atoms with Crippen molar-refractivity contribution in [1.29, 1.82) is 0 Å². The number of hydrogen-bond acceptors (Lipinski definition) is 4. The predicted molar refractivity (Wildman–Crippen MR) is 74.6 cm³/mol. The van der Waals surface area contributed by atoms with Gasteiger partial charge in [-0.05, 0) is 24.1 Å². The van der Waals surface area contributed by atoms with Gasteiger partial charge in [0.1, 0.15) is 0 Å². The van der Waals surface area contributed by atoms with Gasteiger partial charge < -0.3 is 19.7 Å². The summed E-state index contributed by atoms with van der Waals surface area (Å²) in [5.41, 5.74) is 0.162. The number of benzene rings is 1. The fourth-order valence-corrected chi connectivity index (χ4v) is 1.98. The molecule has 19 heavy (non-hydrogen) atoms. The van der Waals surface area contributed by atoms with Crippen LogP contribution >= 0.6 is 11.6 Å². The van der Waals surface area contributed by atoms with Crippen LogP contribution in [-0.2, 0) is 14.9 Å². The molecule has 5 heteroatoms. The highest BCUT2D eigenvalue weighted by molar-refractivity contribution is 6.30. The number of halogens is 1. The molecule has 0 saturated heterocycles. The monoisotopic (exact) mass is 288 g/mol. The smallest absolute Gasteiger partial charge is 0.0700 e. The van der Waals surface area contributed by atoms with Crippen molar-refractivity contribution in [1.82, 2.24) is 0 Å². The van der Waals surface area contributed by atoms with Gasteiger partial charge in [-0.2, -0.15) is 0 Å². The molecule has 0 aliphatic rings. The van der Waals surface area contributed by atoms with Crippen LogP contribution in [0.25, 0.3) is 0 Å². The lowest BCUT2D eigenvalue weighted by atomic mass is 9.79. The van der Waals surface area contributed by atoms with Crippen molar-refractivity contribution < 1.29 is 19.7 Å². The van der Waals surface area contributed by atoms with Gasteiger partial charge in [-0.1, -0.05) is 23.7 Å². The molecular weight excluding hydrogens is 268 g/mol. The summed E-state index contributed by atoms with van der Waals surface area (Å²) in [6.07, 6.45) is 0.533. The lowest BCUT2D eigenvalue weighted by Crippen LogP contribution is -2.36. The minimum atomic E-state index is -0.697. The summed E-state index contributed by atoms with van der Waals surface area (Å²) in [7, 11) is 1.61. The van der Waals surface area contributed by atoms with Crippen molar-refractivity contribution >= 4 is 11.6 Å². The fraction of sp³-hybridized carbons (Fsp3) is 0.571. The molecule has 1 rings (SSSR count). The lowest BCUT2D eigenvalue weighted by molar-refractivity contribution is 0.0391. The first-order chi connectivity index (χ1) is 9.18. The van der Waals surface area contributed by atoms with E-state index in [4.69, 9.17) is 21.1 Å². The Hall–Kier alpha value is -0.650. The zero-order valence-electron chi connectivity index (χ0n) is 11.1. The zero-order chi connectivity index (χ0) is 14.1. The summed E-state index contributed by atoms with van der Waals surface area (Å²) in [6.45, 7) is 1.21. The maximum absolute atomic E-state index is 9.63. The summed E-state index contributed by atoms with van der Waals surface area (Å²) in [4.78, 5) is 0. The molecule has 0 aliphatic carbocycles. The molecule has 0 unspecified atom stereocenters. The topological polar surface area (TPSA) is 58.9 Å². The summed E-state index contributed by atoms with van der Waals surface area (Å²) < 4.78 is 10.3. The van der Waals surface area contributed by atoms with E-state index in [2.05, 4.69) is 0 Å². The number of aliphatic hydroxyl groups excluding tert-OH is 2. The van der Waals surface area contributed by atoms with E-state index >= 15 is 0 Å². The molecule has 1 aromatic rings. The average Bonchev–Trinajstić information content (AvgIpc) is 2.45. The Morgan fingerprint density at radius 2 is 1.68 bits per heavy atom. The van der Waals surface area contributed by atoms with Crippen LogP contribution in [0, 0.1) is 0 Å². The molecule has 0 amide bonds. The minimum absolute atomic E-state index is 0.140. The first-order valence-electron chi connectivity index (χ1n) is 6.23. The third-order valence-corrected chi connectivity index (χ3v) is 3.47. The number of rotatable bonds is 9. The summed E-state index contributed by atoms with van der Waals surface area (Å²) >= 11 is 5.85. The Labute approximate surface area is 118 Å². The Morgan fingerprint density at radius 3 is 2.21 bits per heavy atom. The van der Waals surface area contributed by atoms with Gasteiger partial charge in [0.05, 0.1) is 26.4 Å². The van der Waals surface area contributed by atoms with Gasteiger partial charge >= 0.3 is 0 Å². The van der Waals surface area contributed by atoms with Gasteiger partial charge in [-0.3, -0.25) is 0 Å². The molecule has 0 fully saturated rings. The quantitative estimate of drug-likeness (QED) is 0.678. The maximum Gasteiger partial charge on any atom is 0.0700 e. The van der Waals surface area contributed by atoms with Gasteiger partial charge in [0.2, 0.25) is 0 Å². The van der Waals surface area contributed by atoms with Gasteiger partial charge in [-0.25, -0.2) is 0 Å². The predicted octanol–water partition coefficient (Wildman–Crippen LogP) is 1.62. The van der Waals surface area contributed by atoms with Crippen LogP contribution < -0.4 is 0 Å². The van der Waals surface area contributed by atoms with E-state index in [0.29, 0.717) is 31.3 Å². The summed E-state index contributed by atoms with van der Waals surface area (Å²) in [6, 6.07) is 7.15. The van der Waals surface area contributed by atoms with Gasteiger partial charge in [0, 0.05) is 24.2 Å². The van der Waals surface area contributed by atoms with Crippen LogP contribution in [0.3, 0.4) is 0 Å². The van der Waals surface area contributed by atoms with Crippen LogP contribution in [0.15, 0.2) is 24.3 Å². The van der Waals surface area contributed by atoms with E-state index in [-0.39, 0.29) is 13.2 Å². The molecule has 0 spiro atoms. The highest BCUT2D eigenvalue weighted by Crippen LogP contribution is 2.28. The molecule has 0 saturated carbocycles. The maximum atomic E-state index is 9.63. The SMILES string of the molecule is COCCOCCC(CO)(CO)c1ccc(Cl)cc1. The van der Waals surface area contributed by atoms with E-state index in [9.17, 15) is 10.2 Å². The highest BCUT2D eigenvalue weighted by Gasteiger charge is 2.30. The molecule has 108 valence electrons.